The molecule has 2 heterocycles. The van der Waals surface area contributed by atoms with Gasteiger partial charge in [-0.2, -0.15) is 0 Å². The highest BCUT2D eigenvalue weighted by Crippen LogP contribution is 2.36. The molecule has 2 saturated heterocycles. The van der Waals surface area contributed by atoms with E-state index in [0.29, 0.717) is 24.6 Å². The molecule has 0 aromatic heterocycles. The Labute approximate surface area is 247 Å². The predicted octanol–water partition coefficient (Wildman–Crippen LogP) is 5.15. The molecule has 0 aliphatic carbocycles. The van der Waals surface area contributed by atoms with Crippen LogP contribution in [0.1, 0.15) is 59.3 Å². The Balaban J connectivity index is 1.36. The van der Waals surface area contributed by atoms with Crippen LogP contribution < -0.4 is 0 Å². The van der Waals surface area contributed by atoms with E-state index < -0.39 is 34.0 Å². The van der Waals surface area contributed by atoms with E-state index >= 15 is 0 Å². The van der Waals surface area contributed by atoms with Crippen molar-refractivity contribution in [1.29, 1.82) is 0 Å². The van der Waals surface area contributed by atoms with Crippen molar-refractivity contribution in [3.63, 3.8) is 0 Å². The van der Waals surface area contributed by atoms with Crippen LogP contribution in [0.5, 0.6) is 5.75 Å². The summed E-state index contributed by atoms with van der Waals surface area (Å²) in [5.74, 6) is -0.856. The molecule has 1 N–H and O–H groups in total. The Morgan fingerprint density at radius 2 is 1.74 bits per heavy atom. The smallest absolute Gasteiger partial charge is 0.410 e. The summed E-state index contributed by atoms with van der Waals surface area (Å²) in [5.41, 5.74) is 3.91. The van der Waals surface area contributed by atoms with E-state index in [1.165, 1.54) is 6.07 Å². The number of carbonyl (C=O) groups is 2. The average molecular weight is 591 g/mol. The largest absolute Gasteiger partial charge is 0.507 e. The van der Waals surface area contributed by atoms with E-state index in [1.807, 2.05) is 61.5 Å². The summed E-state index contributed by atoms with van der Waals surface area (Å²) in [6, 6.07) is 21.8. The lowest BCUT2D eigenvalue weighted by Crippen LogP contribution is -2.51. The van der Waals surface area contributed by atoms with Gasteiger partial charge in [-0.1, -0.05) is 74.5 Å². The van der Waals surface area contributed by atoms with Crippen LogP contribution in [-0.4, -0.2) is 65.5 Å². The van der Waals surface area contributed by atoms with Crippen LogP contribution in [0, 0.1) is 5.92 Å². The quantitative estimate of drug-likeness (QED) is 0.370. The maximum atomic E-state index is 13.5. The fraction of sp³-hybridized carbons (Fsp3) is 0.394. The first-order valence-corrected chi connectivity index (χ1v) is 16.3. The minimum Gasteiger partial charge on any atom is -0.507 e. The van der Waals surface area contributed by atoms with Gasteiger partial charge in [0.25, 0.3) is 5.91 Å². The number of hydrogen-bond acceptors (Lipinski definition) is 6. The SMILES string of the molecule is CCN(Cc1ccccc1)C(=O)c1cc(C[C@@H]2CS(=O)(=O)C[C@H]3[C@H]2OC(=O)N3Cc2cccc(C(C)C)c2)ccc1O. The van der Waals surface area contributed by atoms with Crippen molar-refractivity contribution in [2.45, 2.75) is 58.3 Å². The highest BCUT2D eigenvalue weighted by molar-refractivity contribution is 7.91. The van der Waals surface area contributed by atoms with Crippen LogP contribution in [-0.2, 0) is 34.1 Å². The van der Waals surface area contributed by atoms with E-state index in [4.69, 9.17) is 4.74 Å². The molecule has 0 saturated carbocycles. The molecule has 3 atom stereocenters. The van der Waals surface area contributed by atoms with E-state index in [9.17, 15) is 23.1 Å². The zero-order chi connectivity index (χ0) is 30.0. The summed E-state index contributed by atoms with van der Waals surface area (Å²) in [7, 11) is -3.46. The van der Waals surface area contributed by atoms with Crippen LogP contribution in [0.3, 0.4) is 0 Å². The molecule has 9 heteroatoms. The van der Waals surface area contributed by atoms with Crippen LogP contribution >= 0.6 is 0 Å². The fourth-order valence-electron chi connectivity index (χ4n) is 6.01. The highest BCUT2D eigenvalue weighted by atomic mass is 32.2. The Morgan fingerprint density at radius 3 is 2.45 bits per heavy atom. The normalized spacial score (nSPS) is 21.2. The molecule has 5 rings (SSSR count). The molecular weight excluding hydrogens is 552 g/mol. The summed E-state index contributed by atoms with van der Waals surface area (Å²) in [6.07, 6.45) is -0.814. The molecule has 0 bridgehead atoms. The molecule has 2 aliphatic rings. The number of phenols is 1. The number of ether oxygens (including phenoxy) is 1. The molecule has 0 radical (unpaired) electrons. The third kappa shape index (κ3) is 6.46. The van der Waals surface area contributed by atoms with Crippen molar-refractivity contribution >= 4 is 21.8 Å². The average Bonchev–Trinajstić information content (AvgIpc) is 3.26. The predicted molar refractivity (Wildman–Crippen MR) is 161 cm³/mol. The number of fused-ring (bicyclic) bond motifs is 1. The van der Waals surface area contributed by atoms with Gasteiger partial charge in [-0.15, -0.1) is 0 Å². The lowest BCUT2D eigenvalue weighted by molar-refractivity contribution is 0.0749. The number of aromatic hydroxyl groups is 1. The molecule has 3 aromatic carbocycles. The molecule has 0 spiro atoms. The number of nitrogens with zero attached hydrogens (tertiary/aromatic N) is 2. The minimum atomic E-state index is -3.46. The third-order valence-corrected chi connectivity index (χ3v) is 10.0. The van der Waals surface area contributed by atoms with Gasteiger partial charge < -0.3 is 14.7 Å². The van der Waals surface area contributed by atoms with Crippen molar-refractivity contribution in [2.75, 3.05) is 18.1 Å². The van der Waals surface area contributed by atoms with Gasteiger partial charge in [0.1, 0.15) is 11.9 Å². The summed E-state index contributed by atoms with van der Waals surface area (Å²) >= 11 is 0. The molecule has 2 amide bonds. The van der Waals surface area contributed by atoms with Gasteiger partial charge in [0.2, 0.25) is 0 Å². The number of carbonyl (C=O) groups excluding carboxylic acids is 2. The first-order valence-electron chi connectivity index (χ1n) is 14.5. The van der Waals surface area contributed by atoms with E-state index in [1.54, 1.807) is 21.9 Å². The maximum absolute atomic E-state index is 13.5. The molecule has 0 unspecified atom stereocenters. The Kier molecular flexibility index (Phi) is 8.59. The Hall–Kier alpha value is -3.85. The molecular formula is C33H38N2O6S. The second-order valence-electron chi connectivity index (χ2n) is 11.6. The highest BCUT2D eigenvalue weighted by Gasteiger charge is 2.51. The first-order chi connectivity index (χ1) is 20.0. The number of sulfone groups is 1. The van der Waals surface area contributed by atoms with Crippen molar-refractivity contribution in [3.8, 4) is 5.75 Å². The standard InChI is InChI=1S/C33H38N2O6S/c1-4-34(18-23-9-6-5-7-10-23)32(37)28-17-24(13-14-30(28)36)15-27-20-42(39,40)21-29-31(27)41-33(38)35(29)19-25-11-8-12-26(16-25)22(2)3/h5-14,16-17,22,27,29,31,36H,4,15,18-21H2,1-3H3/t27-,29+,31+/m1/s1. The van der Waals surface area contributed by atoms with Gasteiger partial charge in [-0.25, -0.2) is 13.2 Å². The maximum Gasteiger partial charge on any atom is 0.410 e. The molecule has 8 nitrogen and oxygen atoms in total. The summed E-state index contributed by atoms with van der Waals surface area (Å²) < 4.78 is 32.0. The molecule has 3 aromatic rings. The van der Waals surface area contributed by atoms with Crippen molar-refractivity contribution in [3.05, 3.63) is 101 Å². The van der Waals surface area contributed by atoms with Crippen molar-refractivity contribution < 1.29 is 27.9 Å². The number of hydrogen-bond donors (Lipinski definition) is 1. The number of rotatable bonds is 9. The third-order valence-electron chi connectivity index (χ3n) is 8.25. The monoisotopic (exact) mass is 590 g/mol. The molecule has 2 aliphatic heterocycles. The second kappa shape index (κ2) is 12.2. The van der Waals surface area contributed by atoms with Crippen LogP contribution in [0.25, 0.3) is 0 Å². The number of phenolic OH excluding ortho intramolecular Hbond substituents is 1. The fourth-order valence-corrected chi connectivity index (χ4v) is 8.00. The van der Waals surface area contributed by atoms with Gasteiger partial charge in [-0.05, 0) is 53.6 Å². The van der Waals surface area contributed by atoms with E-state index in [2.05, 4.69) is 13.8 Å². The van der Waals surface area contributed by atoms with Crippen LogP contribution in [0.2, 0.25) is 0 Å². The lowest BCUT2D eigenvalue weighted by atomic mass is 9.90. The Morgan fingerprint density at radius 1 is 1.00 bits per heavy atom. The first kappa shape index (κ1) is 29.6. The number of benzene rings is 3. The van der Waals surface area contributed by atoms with Gasteiger partial charge in [0, 0.05) is 25.6 Å². The van der Waals surface area contributed by atoms with Gasteiger partial charge >= 0.3 is 6.09 Å². The Bertz CT molecular complexity index is 1560. The zero-order valence-corrected chi connectivity index (χ0v) is 25.1. The van der Waals surface area contributed by atoms with E-state index in [-0.39, 0.29) is 41.7 Å². The van der Waals surface area contributed by atoms with Gasteiger partial charge in [0.15, 0.2) is 9.84 Å². The molecule has 2 fully saturated rings. The topological polar surface area (TPSA) is 104 Å². The molecule has 222 valence electrons. The van der Waals surface area contributed by atoms with Gasteiger partial charge in [-0.3, -0.25) is 9.69 Å². The summed E-state index contributed by atoms with van der Waals surface area (Å²) in [5, 5.41) is 10.6. The van der Waals surface area contributed by atoms with Crippen molar-refractivity contribution in [1.82, 2.24) is 9.80 Å². The molecule has 42 heavy (non-hydrogen) atoms. The van der Waals surface area contributed by atoms with Crippen molar-refractivity contribution in [2.24, 2.45) is 5.92 Å². The van der Waals surface area contributed by atoms with Gasteiger partial charge in [0.05, 0.1) is 23.1 Å². The van der Waals surface area contributed by atoms with E-state index in [0.717, 1.165) is 16.7 Å². The van der Waals surface area contributed by atoms with Crippen LogP contribution in [0.4, 0.5) is 4.79 Å². The lowest BCUT2D eigenvalue weighted by Gasteiger charge is -2.34. The zero-order valence-electron chi connectivity index (χ0n) is 24.3. The summed E-state index contributed by atoms with van der Waals surface area (Å²) in [4.78, 5) is 29.7. The minimum absolute atomic E-state index is 0.114. The summed E-state index contributed by atoms with van der Waals surface area (Å²) in [6.45, 7) is 7.21. The number of amides is 2. The van der Waals surface area contributed by atoms with Crippen LogP contribution in [0.15, 0.2) is 72.8 Å². The second-order valence-corrected chi connectivity index (χ2v) is 13.8.